The Morgan fingerprint density at radius 3 is 2.32 bits per heavy atom. The molecule has 0 bridgehead atoms. The molecule has 0 aliphatic heterocycles. The first-order valence-electron chi connectivity index (χ1n) is 8.76. The van der Waals surface area contributed by atoms with E-state index in [2.05, 4.69) is 67.5 Å². The van der Waals surface area contributed by atoms with Crippen LogP contribution in [0.5, 0.6) is 5.75 Å². The van der Waals surface area contributed by atoms with Crippen LogP contribution in [0.2, 0.25) is 0 Å². The lowest BCUT2D eigenvalue weighted by molar-refractivity contribution is 0.281. The Morgan fingerprint density at radius 2 is 1.80 bits per heavy atom. The van der Waals surface area contributed by atoms with Crippen molar-refractivity contribution in [3.63, 3.8) is 0 Å². The molecule has 144 valence electrons. The van der Waals surface area contributed by atoms with Gasteiger partial charge in [-0.05, 0) is 51.1 Å². The highest BCUT2D eigenvalue weighted by atomic mass is 127. The molecule has 0 saturated carbocycles. The molecule has 0 radical (unpaired) electrons. The molecule has 0 aliphatic rings. The average molecular weight is 462 g/mol. The molecule has 0 fully saturated rings. The van der Waals surface area contributed by atoms with E-state index >= 15 is 0 Å². The lowest BCUT2D eigenvalue weighted by Gasteiger charge is -2.20. The number of hydrogen-bond donors (Lipinski definition) is 2. The molecule has 0 heterocycles. The van der Waals surface area contributed by atoms with Gasteiger partial charge in [0.05, 0.1) is 6.61 Å². The minimum absolute atomic E-state index is 0. The van der Waals surface area contributed by atoms with Gasteiger partial charge in [0.25, 0.3) is 0 Å². The van der Waals surface area contributed by atoms with Gasteiger partial charge in [0.2, 0.25) is 0 Å². The van der Waals surface area contributed by atoms with Crippen LogP contribution in [0.4, 0.5) is 0 Å². The normalized spacial score (nSPS) is 12.7. The highest BCUT2D eigenvalue weighted by molar-refractivity contribution is 14.0. The number of ether oxygens (including phenoxy) is 1. The summed E-state index contributed by atoms with van der Waals surface area (Å²) in [5, 5.41) is 6.75. The third-order valence-electron chi connectivity index (χ3n) is 3.99. The van der Waals surface area contributed by atoms with Gasteiger partial charge in [0.1, 0.15) is 5.75 Å². The van der Waals surface area contributed by atoms with E-state index in [9.17, 15) is 0 Å². The topological polar surface area (TPSA) is 48.9 Å². The fourth-order valence-electron chi connectivity index (χ4n) is 2.04. The van der Waals surface area contributed by atoms with Crippen LogP contribution in [-0.4, -0.2) is 51.2 Å². The highest BCUT2D eigenvalue weighted by Gasteiger charge is 2.08. The van der Waals surface area contributed by atoms with Crippen LogP contribution in [-0.2, 0) is 6.54 Å². The summed E-state index contributed by atoms with van der Waals surface area (Å²) >= 11 is 0. The summed E-state index contributed by atoms with van der Waals surface area (Å²) in [5.74, 6) is 2.32. The van der Waals surface area contributed by atoms with Crippen LogP contribution >= 0.6 is 24.0 Å². The third-order valence-corrected chi connectivity index (χ3v) is 3.99. The van der Waals surface area contributed by atoms with Crippen molar-refractivity contribution in [1.29, 1.82) is 0 Å². The van der Waals surface area contributed by atoms with Crippen LogP contribution in [0.15, 0.2) is 29.3 Å². The third kappa shape index (κ3) is 10.5. The molecule has 1 aromatic carbocycles. The number of aliphatic imine (C=N–C) groups is 1. The summed E-state index contributed by atoms with van der Waals surface area (Å²) in [4.78, 5) is 6.44. The quantitative estimate of drug-likeness (QED) is 0.256. The Hall–Kier alpha value is -1.02. The first-order chi connectivity index (χ1) is 11.4. The Morgan fingerprint density at radius 1 is 1.16 bits per heavy atom. The van der Waals surface area contributed by atoms with Gasteiger partial charge in [-0.2, -0.15) is 0 Å². The van der Waals surface area contributed by atoms with Gasteiger partial charge >= 0.3 is 0 Å². The van der Waals surface area contributed by atoms with E-state index < -0.39 is 0 Å². The molecule has 25 heavy (non-hydrogen) atoms. The van der Waals surface area contributed by atoms with E-state index in [0.29, 0.717) is 12.0 Å². The fraction of sp³-hybridized carbons (Fsp3) is 0.632. The highest BCUT2D eigenvalue weighted by Crippen LogP contribution is 2.12. The molecule has 1 atom stereocenters. The molecule has 0 spiro atoms. The van der Waals surface area contributed by atoms with Crippen molar-refractivity contribution in [2.45, 2.75) is 39.8 Å². The van der Waals surface area contributed by atoms with Gasteiger partial charge in [0, 0.05) is 26.2 Å². The van der Waals surface area contributed by atoms with E-state index in [0.717, 1.165) is 37.8 Å². The van der Waals surface area contributed by atoms with Crippen molar-refractivity contribution in [2.24, 2.45) is 10.9 Å². The van der Waals surface area contributed by atoms with E-state index in [1.54, 1.807) is 7.05 Å². The van der Waals surface area contributed by atoms with E-state index in [1.807, 2.05) is 12.1 Å². The van der Waals surface area contributed by atoms with Crippen molar-refractivity contribution in [2.75, 3.05) is 34.3 Å². The van der Waals surface area contributed by atoms with Crippen LogP contribution in [0.1, 0.15) is 32.8 Å². The summed E-state index contributed by atoms with van der Waals surface area (Å²) < 4.78 is 5.75. The SMILES string of the molecule is CN=C(NCc1ccc(OCCCN(C)C)cc1)NC(C)C(C)C.I. The Balaban J connectivity index is 0.00000576. The zero-order valence-corrected chi connectivity index (χ0v) is 18.8. The number of guanidine groups is 1. The minimum atomic E-state index is 0. The predicted molar refractivity (Wildman–Crippen MR) is 118 cm³/mol. The Labute approximate surface area is 170 Å². The number of benzene rings is 1. The summed E-state index contributed by atoms with van der Waals surface area (Å²) in [6.45, 7) is 9.10. The van der Waals surface area contributed by atoms with Crippen LogP contribution in [0, 0.1) is 5.92 Å². The molecule has 0 saturated heterocycles. The van der Waals surface area contributed by atoms with Crippen molar-refractivity contribution in [1.82, 2.24) is 15.5 Å². The molecule has 0 aromatic heterocycles. The number of nitrogens with one attached hydrogen (secondary N) is 2. The monoisotopic (exact) mass is 462 g/mol. The number of hydrogen-bond acceptors (Lipinski definition) is 3. The van der Waals surface area contributed by atoms with E-state index in [4.69, 9.17) is 4.74 Å². The van der Waals surface area contributed by atoms with Crippen molar-refractivity contribution in [3.8, 4) is 5.75 Å². The largest absolute Gasteiger partial charge is 0.494 e. The van der Waals surface area contributed by atoms with Crippen LogP contribution < -0.4 is 15.4 Å². The molecule has 1 aromatic rings. The lowest BCUT2D eigenvalue weighted by Crippen LogP contribution is -2.43. The van der Waals surface area contributed by atoms with Crippen molar-refractivity contribution >= 4 is 29.9 Å². The van der Waals surface area contributed by atoms with Gasteiger partial charge in [-0.1, -0.05) is 26.0 Å². The fourth-order valence-corrected chi connectivity index (χ4v) is 2.04. The molecule has 0 amide bonds. The second kappa shape index (κ2) is 13.2. The standard InChI is InChI=1S/C19H34N4O.HI/c1-15(2)16(3)22-19(20-4)21-14-17-8-10-18(11-9-17)24-13-7-12-23(5)6;/h8-11,15-16H,7,12-14H2,1-6H3,(H2,20,21,22);1H. The van der Waals surface area contributed by atoms with E-state index in [-0.39, 0.29) is 24.0 Å². The van der Waals surface area contributed by atoms with Crippen molar-refractivity contribution in [3.05, 3.63) is 29.8 Å². The number of halogens is 1. The summed E-state index contributed by atoms with van der Waals surface area (Å²) in [6.07, 6.45) is 1.03. The molecule has 0 aliphatic carbocycles. The predicted octanol–water partition coefficient (Wildman–Crippen LogP) is 3.34. The molecule has 2 N–H and O–H groups in total. The molecule has 1 unspecified atom stereocenters. The van der Waals surface area contributed by atoms with Gasteiger partial charge in [-0.15, -0.1) is 24.0 Å². The summed E-state index contributed by atoms with van der Waals surface area (Å²) in [5.41, 5.74) is 1.20. The lowest BCUT2D eigenvalue weighted by atomic mass is 10.1. The van der Waals surface area contributed by atoms with Gasteiger partial charge < -0.3 is 20.3 Å². The second-order valence-electron chi connectivity index (χ2n) is 6.75. The first kappa shape index (κ1) is 24.0. The second-order valence-corrected chi connectivity index (χ2v) is 6.75. The van der Waals surface area contributed by atoms with Gasteiger partial charge in [-0.25, -0.2) is 0 Å². The average Bonchev–Trinajstić information content (AvgIpc) is 2.56. The van der Waals surface area contributed by atoms with Crippen LogP contribution in [0.3, 0.4) is 0 Å². The number of rotatable bonds is 9. The Bertz CT molecular complexity index is 489. The molecular weight excluding hydrogens is 427 g/mol. The smallest absolute Gasteiger partial charge is 0.191 e. The number of nitrogens with zero attached hydrogens (tertiary/aromatic N) is 2. The maximum atomic E-state index is 5.75. The zero-order chi connectivity index (χ0) is 17.9. The maximum absolute atomic E-state index is 5.75. The minimum Gasteiger partial charge on any atom is -0.494 e. The van der Waals surface area contributed by atoms with Crippen LogP contribution in [0.25, 0.3) is 0 Å². The zero-order valence-electron chi connectivity index (χ0n) is 16.5. The molecule has 5 nitrogen and oxygen atoms in total. The van der Waals surface area contributed by atoms with Crippen molar-refractivity contribution < 1.29 is 4.74 Å². The van der Waals surface area contributed by atoms with Gasteiger partial charge in [-0.3, -0.25) is 4.99 Å². The van der Waals surface area contributed by atoms with E-state index in [1.165, 1.54) is 5.56 Å². The first-order valence-corrected chi connectivity index (χ1v) is 8.76. The van der Waals surface area contributed by atoms with Gasteiger partial charge in [0.15, 0.2) is 5.96 Å². The maximum Gasteiger partial charge on any atom is 0.191 e. The molecule has 1 rings (SSSR count). The Kier molecular flexibility index (Phi) is 12.7. The summed E-state index contributed by atoms with van der Waals surface area (Å²) in [6, 6.07) is 8.62. The molecular formula is C19H35IN4O. The summed E-state index contributed by atoms with van der Waals surface area (Å²) in [7, 11) is 5.95. The molecule has 6 heteroatoms.